The molecule has 1 heterocycles. The molecule has 0 spiro atoms. The summed E-state index contributed by atoms with van der Waals surface area (Å²) in [6.07, 6.45) is 2.30. The lowest BCUT2D eigenvalue weighted by Gasteiger charge is -2.18. The topological polar surface area (TPSA) is 35.8 Å². The highest BCUT2D eigenvalue weighted by Gasteiger charge is 2.12. The fraction of sp³-hybridized carbons (Fsp3) is 0.833. The van der Waals surface area contributed by atoms with Gasteiger partial charge in [-0.05, 0) is 37.7 Å². The first kappa shape index (κ1) is 6.91. The van der Waals surface area contributed by atoms with Crippen LogP contribution in [0.4, 0.5) is 0 Å². The number of thiocyanates is 1. The van der Waals surface area contributed by atoms with Gasteiger partial charge in [0.05, 0.1) is 0 Å². The van der Waals surface area contributed by atoms with Crippen molar-refractivity contribution in [3.63, 3.8) is 0 Å². The Morgan fingerprint density at radius 2 is 2.11 bits per heavy atom. The lowest BCUT2D eigenvalue weighted by atomic mass is 10.2. The third kappa shape index (κ3) is 2.25. The number of piperidine rings is 1. The third-order valence-electron chi connectivity index (χ3n) is 1.51. The zero-order chi connectivity index (χ0) is 6.53. The van der Waals surface area contributed by atoms with Crippen LogP contribution in [0.15, 0.2) is 0 Å². The Morgan fingerprint density at radius 3 is 2.67 bits per heavy atom. The SMILES string of the molecule is N#CSC1CCNCC1. The van der Waals surface area contributed by atoms with Gasteiger partial charge in [-0.1, -0.05) is 0 Å². The normalized spacial score (nSPS) is 21.2. The van der Waals surface area contributed by atoms with E-state index in [1.165, 1.54) is 11.8 Å². The second kappa shape index (κ2) is 3.76. The van der Waals surface area contributed by atoms with Gasteiger partial charge in [0.15, 0.2) is 0 Å². The molecule has 0 atom stereocenters. The number of nitrogens with one attached hydrogen (secondary N) is 1. The number of hydrogen-bond donors (Lipinski definition) is 1. The fourth-order valence-corrected chi connectivity index (χ4v) is 1.61. The summed E-state index contributed by atoms with van der Waals surface area (Å²) in [5, 5.41) is 14.3. The maximum absolute atomic E-state index is 8.31. The summed E-state index contributed by atoms with van der Waals surface area (Å²) < 4.78 is 0. The predicted octanol–water partition coefficient (Wildman–Crippen LogP) is 0.953. The molecule has 2 nitrogen and oxygen atoms in total. The van der Waals surface area contributed by atoms with Crippen molar-refractivity contribution in [1.82, 2.24) is 5.32 Å². The number of thioether (sulfide) groups is 1. The number of nitriles is 1. The first-order valence-corrected chi connectivity index (χ1v) is 4.07. The highest BCUT2D eigenvalue weighted by atomic mass is 32.2. The van der Waals surface area contributed by atoms with Crippen molar-refractivity contribution in [2.75, 3.05) is 13.1 Å². The van der Waals surface area contributed by atoms with Crippen molar-refractivity contribution in [3.05, 3.63) is 0 Å². The van der Waals surface area contributed by atoms with E-state index in [0.29, 0.717) is 5.25 Å². The first-order valence-electron chi connectivity index (χ1n) is 3.19. The Labute approximate surface area is 59.6 Å². The van der Waals surface area contributed by atoms with Crippen molar-refractivity contribution >= 4 is 11.8 Å². The quantitative estimate of drug-likeness (QED) is 0.554. The van der Waals surface area contributed by atoms with Gasteiger partial charge < -0.3 is 5.32 Å². The van der Waals surface area contributed by atoms with E-state index in [-0.39, 0.29) is 0 Å². The van der Waals surface area contributed by atoms with Crippen LogP contribution in [-0.2, 0) is 0 Å². The molecule has 0 amide bonds. The van der Waals surface area contributed by atoms with Crippen molar-refractivity contribution in [2.24, 2.45) is 0 Å². The average molecular weight is 142 g/mol. The van der Waals surface area contributed by atoms with Crippen LogP contribution in [0.25, 0.3) is 0 Å². The minimum atomic E-state index is 0.594. The molecule has 0 radical (unpaired) electrons. The van der Waals surface area contributed by atoms with Crippen molar-refractivity contribution < 1.29 is 0 Å². The van der Waals surface area contributed by atoms with E-state index in [1.807, 2.05) is 0 Å². The minimum Gasteiger partial charge on any atom is -0.317 e. The van der Waals surface area contributed by atoms with Crippen LogP contribution in [0, 0.1) is 10.7 Å². The van der Waals surface area contributed by atoms with E-state index in [0.717, 1.165) is 25.9 Å². The van der Waals surface area contributed by atoms with Crippen LogP contribution in [0.3, 0.4) is 0 Å². The van der Waals surface area contributed by atoms with Gasteiger partial charge in [0.1, 0.15) is 5.40 Å². The van der Waals surface area contributed by atoms with E-state index < -0.39 is 0 Å². The van der Waals surface area contributed by atoms with Crippen LogP contribution in [0.5, 0.6) is 0 Å². The number of nitrogens with zero attached hydrogens (tertiary/aromatic N) is 1. The summed E-state index contributed by atoms with van der Waals surface area (Å²) in [7, 11) is 0. The summed E-state index contributed by atoms with van der Waals surface area (Å²) in [6.45, 7) is 2.17. The van der Waals surface area contributed by atoms with Gasteiger partial charge in [0.2, 0.25) is 0 Å². The molecule has 1 aliphatic heterocycles. The second-order valence-electron chi connectivity index (χ2n) is 2.16. The molecule has 0 aromatic heterocycles. The van der Waals surface area contributed by atoms with Crippen LogP contribution in [-0.4, -0.2) is 18.3 Å². The van der Waals surface area contributed by atoms with Gasteiger partial charge in [-0.25, -0.2) is 0 Å². The summed E-state index contributed by atoms with van der Waals surface area (Å²) in [5.74, 6) is 0. The molecule has 0 aliphatic carbocycles. The molecular weight excluding hydrogens is 132 g/mol. The highest BCUT2D eigenvalue weighted by Crippen LogP contribution is 2.17. The largest absolute Gasteiger partial charge is 0.317 e. The first-order chi connectivity index (χ1) is 4.43. The van der Waals surface area contributed by atoms with E-state index in [2.05, 4.69) is 10.7 Å². The maximum atomic E-state index is 8.31. The molecule has 50 valence electrons. The maximum Gasteiger partial charge on any atom is 0.133 e. The van der Waals surface area contributed by atoms with Crippen molar-refractivity contribution in [2.45, 2.75) is 18.1 Å². The van der Waals surface area contributed by atoms with Crippen LogP contribution < -0.4 is 5.32 Å². The third-order valence-corrected chi connectivity index (χ3v) is 2.42. The Morgan fingerprint density at radius 1 is 1.44 bits per heavy atom. The summed E-state index contributed by atoms with van der Waals surface area (Å²) in [6, 6.07) is 0. The Bertz CT molecular complexity index is 113. The zero-order valence-electron chi connectivity index (χ0n) is 5.26. The molecule has 0 aromatic carbocycles. The Balaban J connectivity index is 2.17. The molecule has 1 fully saturated rings. The van der Waals surface area contributed by atoms with Crippen LogP contribution in [0.2, 0.25) is 0 Å². The van der Waals surface area contributed by atoms with E-state index in [4.69, 9.17) is 5.26 Å². The van der Waals surface area contributed by atoms with Crippen molar-refractivity contribution in [1.29, 1.82) is 5.26 Å². The Kier molecular flexibility index (Phi) is 2.88. The number of hydrogen-bond acceptors (Lipinski definition) is 3. The van der Waals surface area contributed by atoms with Gasteiger partial charge in [0.25, 0.3) is 0 Å². The minimum absolute atomic E-state index is 0.594. The highest BCUT2D eigenvalue weighted by molar-refractivity contribution is 8.04. The molecule has 1 saturated heterocycles. The lowest BCUT2D eigenvalue weighted by molar-refractivity contribution is 0.532. The van der Waals surface area contributed by atoms with Crippen LogP contribution >= 0.6 is 11.8 Å². The van der Waals surface area contributed by atoms with Crippen molar-refractivity contribution in [3.8, 4) is 5.40 Å². The molecule has 0 bridgehead atoms. The van der Waals surface area contributed by atoms with Gasteiger partial charge in [0, 0.05) is 5.25 Å². The molecular formula is C6H10N2S. The lowest BCUT2D eigenvalue weighted by Crippen LogP contribution is -2.28. The summed E-state index contributed by atoms with van der Waals surface area (Å²) >= 11 is 1.42. The standard InChI is InChI=1S/C6H10N2S/c7-5-9-6-1-3-8-4-2-6/h6,8H,1-4H2. The van der Waals surface area contributed by atoms with E-state index >= 15 is 0 Å². The van der Waals surface area contributed by atoms with Gasteiger partial charge in [-0.3, -0.25) is 0 Å². The summed E-state index contributed by atoms with van der Waals surface area (Å²) in [4.78, 5) is 0. The average Bonchev–Trinajstić information content (AvgIpc) is 1.91. The molecule has 0 saturated carbocycles. The number of rotatable bonds is 1. The second-order valence-corrected chi connectivity index (χ2v) is 3.24. The predicted molar refractivity (Wildman–Crippen MR) is 39.1 cm³/mol. The molecule has 1 N–H and O–H groups in total. The van der Waals surface area contributed by atoms with E-state index in [1.54, 1.807) is 0 Å². The zero-order valence-corrected chi connectivity index (χ0v) is 6.08. The van der Waals surface area contributed by atoms with E-state index in [9.17, 15) is 0 Å². The van der Waals surface area contributed by atoms with Gasteiger partial charge >= 0.3 is 0 Å². The van der Waals surface area contributed by atoms with Crippen LogP contribution in [0.1, 0.15) is 12.8 Å². The molecule has 9 heavy (non-hydrogen) atoms. The smallest absolute Gasteiger partial charge is 0.133 e. The Hall–Kier alpha value is -0.200. The molecule has 1 aliphatic rings. The van der Waals surface area contributed by atoms with Gasteiger partial charge in [-0.2, -0.15) is 5.26 Å². The summed E-state index contributed by atoms with van der Waals surface area (Å²) in [5.41, 5.74) is 0. The molecule has 3 heteroatoms. The molecule has 0 aromatic rings. The molecule has 0 unspecified atom stereocenters. The monoisotopic (exact) mass is 142 g/mol. The van der Waals surface area contributed by atoms with Gasteiger partial charge in [-0.15, -0.1) is 0 Å². The molecule has 1 rings (SSSR count). The fourth-order valence-electron chi connectivity index (χ4n) is 0.988.